The first-order chi connectivity index (χ1) is 5.68. The largest absolute Gasteiger partial charge is 0.481 e. The van der Waals surface area contributed by atoms with Crippen LogP contribution in [-0.2, 0) is 9.53 Å². The number of nitrogens with one attached hydrogen (secondary N) is 1. The van der Waals surface area contributed by atoms with E-state index in [1.165, 1.54) is 6.42 Å². The van der Waals surface area contributed by atoms with Gasteiger partial charge in [0.1, 0.15) is 0 Å². The highest BCUT2D eigenvalue weighted by Crippen LogP contribution is 1.93. The highest BCUT2D eigenvalue weighted by Gasteiger charge is 1.94. The van der Waals surface area contributed by atoms with Crippen LogP contribution in [0, 0.1) is 0 Å². The van der Waals surface area contributed by atoms with Gasteiger partial charge in [0.25, 0.3) is 0 Å². The number of hydrogen-bond donors (Lipinski definition) is 2. The van der Waals surface area contributed by atoms with Crippen LogP contribution in [0.15, 0.2) is 0 Å². The summed E-state index contributed by atoms with van der Waals surface area (Å²) >= 11 is 0. The molecule has 0 atom stereocenters. The number of carboxylic acids is 1. The minimum Gasteiger partial charge on any atom is -0.481 e. The Balaban J connectivity index is 0. The van der Waals surface area contributed by atoms with Gasteiger partial charge in [0.2, 0.25) is 0 Å². The zero-order valence-corrected chi connectivity index (χ0v) is 8.09. The molecule has 0 aliphatic carbocycles. The average Bonchev–Trinajstić information content (AvgIpc) is 1.85. The monoisotopic (exact) mass is 177 g/mol. The Morgan fingerprint density at radius 3 is 1.67 bits per heavy atom. The number of carbonyl (C=O) groups is 1. The van der Waals surface area contributed by atoms with Crippen molar-refractivity contribution in [1.82, 2.24) is 5.32 Å². The van der Waals surface area contributed by atoms with Crippen LogP contribution in [0.25, 0.3) is 0 Å². The lowest BCUT2D eigenvalue weighted by Gasteiger charge is -2.09. The molecule has 1 heterocycles. The van der Waals surface area contributed by atoms with Crippen LogP contribution >= 0.6 is 0 Å². The number of hydrogen-bond acceptors (Lipinski definition) is 3. The maximum atomic E-state index is 9.37. The Morgan fingerprint density at radius 2 is 1.67 bits per heavy atom. The fraction of sp³-hybridized carbons (Fsp3) is 0.875. The molecule has 0 bridgehead atoms. The summed E-state index contributed by atoms with van der Waals surface area (Å²) in [5.41, 5.74) is 0. The molecule has 74 valence electrons. The molecule has 1 saturated heterocycles. The van der Waals surface area contributed by atoms with Gasteiger partial charge < -0.3 is 15.2 Å². The quantitative estimate of drug-likeness (QED) is 0.619. The lowest BCUT2D eigenvalue weighted by atomic mass is 10.4. The second-order valence-electron chi connectivity index (χ2n) is 2.21. The van der Waals surface area contributed by atoms with Gasteiger partial charge in [0.15, 0.2) is 0 Å². The zero-order chi connectivity index (χ0) is 9.82. The van der Waals surface area contributed by atoms with Crippen molar-refractivity contribution >= 4 is 5.97 Å². The predicted molar refractivity (Wildman–Crippen MR) is 48.3 cm³/mol. The zero-order valence-electron chi connectivity index (χ0n) is 8.09. The normalized spacial score (nSPS) is 12.6. The maximum Gasteiger partial charge on any atom is 0.303 e. The SMILES string of the molecule is C1COC1.CCC(=O)O.CNC. The Bertz CT molecular complexity index is 88.3. The number of carboxylic acid groups (broad SMARTS) is 1. The minimum absolute atomic E-state index is 0.222. The Labute approximate surface area is 73.9 Å². The third-order valence-corrected chi connectivity index (χ3v) is 0.880. The Morgan fingerprint density at radius 1 is 1.50 bits per heavy atom. The fourth-order valence-corrected chi connectivity index (χ4v) is 0.144. The first kappa shape index (κ1) is 13.9. The van der Waals surface area contributed by atoms with E-state index in [1.54, 1.807) is 6.92 Å². The molecule has 1 rings (SSSR count). The van der Waals surface area contributed by atoms with E-state index < -0.39 is 5.97 Å². The molecular formula is C8H19NO3. The van der Waals surface area contributed by atoms with Crippen molar-refractivity contribution in [3.8, 4) is 0 Å². The van der Waals surface area contributed by atoms with Gasteiger partial charge in [-0.15, -0.1) is 0 Å². The summed E-state index contributed by atoms with van der Waals surface area (Å²) < 4.78 is 4.72. The lowest BCUT2D eigenvalue weighted by Crippen LogP contribution is -2.09. The molecule has 0 aromatic rings. The second-order valence-corrected chi connectivity index (χ2v) is 2.21. The molecule has 4 nitrogen and oxygen atoms in total. The molecule has 2 N–H and O–H groups in total. The van der Waals surface area contributed by atoms with E-state index in [-0.39, 0.29) is 6.42 Å². The molecule has 1 aliphatic heterocycles. The van der Waals surface area contributed by atoms with Crippen molar-refractivity contribution in [2.24, 2.45) is 0 Å². The van der Waals surface area contributed by atoms with Gasteiger partial charge in [-0.05, 0) is 20.5 Å². The van der Waals surface area contributed by atoms with Crippen molar-refractivity contribution in [2.45, 2.75) is 19.8 Å². The summed E-state index contributed by atoms with van der Waals surface area (Å²) in [7, 11) is 3.75. The topological polar surface area (TPSA) is 58.6 Å². The molecular weight excluding hydrogens is 158 g/mol. The first-order valence-electron chi connectivity index (χ1n) is 4.07. The van der Waals surface area contributed by atoms with Crippen LogP contribution in [0.4, 0.5) is 0 Å². The molecule has 0 aromatic carbocycles. The van der Waals surface area contributed by atoms with Gasteiger partial charge >= 0.3 is 5.97 Å². The molecule has 0 saturated carbocycles. The predicted octanol–water partition coefficient (Wildman–Crippen LogP) is 0.723. The van der Waals surface area contributed by atoms with Crippen molar-refractivity contribution in [1.29, 1.82) is 0 Å². The van der Waals surface area contributed by atoms with Gasteiger partial charge in [-0.2, -0.15) is 0 Å². The van der Waals surface area contributed by atoms with E-state index in [4.69, 9.17) is 9.84 Å². The standard InChI is InChI=1S/C3H6O2.C3H6O.C2H7N/c1-2-3(4)5;1-2-4-3-1;1-3-2/h2H2,1H3,(H,4,5);1-3H2;3H,1-2H3. The third-order valence-electron chi connectivity index (χ3n) is 0.880. The smallest absolute Gasteiger partial charge is 0.303 e. The van der Waals surface area contributed by atoms with Crippen LogP contribution in [0.3, 0.4) is 0 Å². The number of rotatable bonds is 1. The lowest BCUT2D eigenvalue weighted by molar-refractivity contribution is -0.136. The molecule has 0 amide bonds. The van der Waals surface area contributed by atoms with Crippen LogP contribution in [0.5, 0.6) is 0 Å². The molecule has 1 fully saturated rings. The molecule has 0 spiro atoms. The second kappa shape index (κ2) is 13.0. The van der Waals surface area contributed by atoms with Crippen molar-refractivity contribution < 1.29 is 14.6 Å². The Hall–Kier alpha value is -0.610. The van der Waals surface area contributed by atoms with E-state index in [9.17, 15) is 4.79 Å². The van der Waals surface area contributed by atoms with Crippen LogP contribution in [0.2, 0.25) is 0 Å². The highest BCUT2D eigenvalue weighted by molar-refractivity contribution is 5.66. The van der Waals surface area contributed by atoms with Crippen molar-refractivity contribution in [2.75, 3.05) is 27.3 Å². The summed E-state index contributed by atoms with van der Waals surface area (Å²) in [5, 5.41) is 10.5. The molecule has 12 heavy (non-hydrogen) atoms. The Kier molecular flexibility index (Phi) is 15.1. The van der Waals surface area contributed by atoms with Crippen molar-refractivity contribution in [3.05, 3.63) is 0 Å². The average molecular weight is 177 g/mol. The number of aliphatic carboxylic acids is 1. The summed E-state index contributed by atoms with van der Waals surface area (Å²) in [6.45, 7) is 3.60. The van der Waals surface area contributed by atoms with Crippen LogP contribution in [-0.4, -0.2) is 38.4 Å². The van der Waals surface area contributed by atoms with E-state index in [0.717, 1.165) is 13.2 Å². The maximum absolute atomic E-state index is 9.37. The van der Waals surface area contributed by atoms with E-state index >= 15 is 0 Å². The molecule has 0 radical (unpaired) electrons. The van der Waals surface area contributed by atoms with E-state index in [0.29, 0.717) is 0 Å². The summed E-state index contributed by atoms with van der Waals surface area (Å²) in [6.07, 6.45) is 1.50. The first-order valence-corrected chi connectivity index (χ1v) is 4.07. The van der Waals surface area contributed by atoms with Gasteiger partial charge in [-0.1, -0.05) is 6.92 Å². The summed E-state index contributed by atoms with van der Waals surface area (Å²) in [6, 6.07) is 0. The van der Waals surface area contributed by atoms with Gasteiger partial charge in [-0.25, -0.2) is 0 Å². The number of ether oxygens (including phenoxy) is 1. The third kappa shape index (κ3) is 22.8. The molecule has 4 heteroatoms. The van der Waals surface area contributed by atoms with Gasteiger partial charge in [-0.3, -0.25) is 4.79 Å². The van der Waals surface area contributed by atoms with Crippen LogP contribution in [0.1, 0.15) is 19.8 Å². The summed E-state index contributed by atoms with van der Waals surface area (Å²) in [4.78, 5) is 9.37. The van der Waals surface area contributed by atoms with Gasteiger partial charge in [0.05, 0.1) is 0 Å². The van der Waals surface area contributed by atoms with Crippen LogP contribution < -0.4 is 5.32 Å². The van der Waals surface area contributed by atoms with E-state index in [2.05, 4.69) is 5.32 Å². The fourth-order valence-electron chi connectivity index (χ4n) is 0.144. The molecule has 0 aromatic heterocycles. The molecule has 1 aliphatic rings. The van der Waals surface area contributed by atoms with Gasteiger partial charge in [0, 0.05) is 19.6 Å². The molecule has 0 unspecified atom stereocenters. The summed E-state index contributed by atoms with van der Waals surface area (Å²) in [5.74, 6) is -0.745. The van der Waals surface area contributed by atoms with E-state index in [1.807, 2.05) is 14.1 Å². The van der Waals surface area contributed by atoms with Crippen molar-refractivity contribution in [3.63, 3.8) is 0 Å². The highest BCUT2D eigenvalue weighted by atomic mass is 16.5. The minimum atomic E-state index is -0.745.